The molecule has 0 aliphatic carbocycles. The van der Waals surface area contributed by atoms with Gasteiger partial charge in [-0.2, -0.15) is 4.98 Å². The summed E-state index contributed by atoms with van der Waals surface area (Å²) >= 11 is 4.85. The molecule has 0 radical (unpaired) electrons. The van der Waals surface area contributed by atoms with Gasteiger partial charge in [0.1, 0.15) is 5.75 Å². The van der Waals surface area contributed by atoms with Gasteiger partial charge in [-0.15, -0.1) is 0 Å². The molecule has 0 amide bonds. The maximum absolute atomic E-state index is 13.3. The number of halogens is 1. The Labute approximate surface area is 207 Å². The predicted octanol–water partition coefficient (Wildman–Crippen LogP) is 5.56. The third kappa shape index (κ3) is 4.76. The van der Waals surface area contributed by atoms with Crippen LogP contribution in [0.3, 0.4) is 0 Å². The standard InChI is InChI=1S/C25H19BrN4O3S/c1-32-19-11-9-16(10-12-19)14-30-24(31)20-7-2-3-8-21(20)27-25(30)34-15-22-28-23(29-33-22)17-5-4-6-18(26)13-17/h2-13H,14-15H2,1H3. The molecular weight excluding hydrogens is 516 g/mol. The lowest BCUT2D eigenvalue weighted by Crippen LogP contribution is -2.24. The van der Waals surface area contributed by atoms with Gasteiger partial charge >= 0.3 is 0 Å². The van der Waals surface area contributed by atoms with Gasteiger partial charge in [0.05, 0.1) is 30.3 Å². The Bertz CT molecular complexity index is 1520. The molecule has 0 saturated carbocycles. The Balaban J connectivity index is 1.45. The number of rotatable bonds is 7. The fraction of sp³-hybridized carbons (Fsp3) is 0.120. The van der Waals surface area contributed by atoms with Gasteiger partial charge in [-0.3, -0.25) is 9.36 Å². The highest BCUT2D eigenvalue weighted by molar-refractivity contribution is 9.10. The number of fused-ring (bicyclic) bond motifs is 1. The van der Waals surface area contributed by atoms with Gasteiger partial charge in [-0.25, -0.2) is 4.98 Å². The zero-order valence-corrected chi connectivity index (χ0v) is 20.5. The molecule has 5 aromatic rings. The van der Waals surface area contributed by atoms with Crippen molar-refractivity contribution in [3.8, 4) is 17.1 Å². The molecule has 34 heavy (non-hydrogen) atoms. The van der Waals surface area contributed by atoms with Crippen LogP contribution in [-0.2, 0) is 12.3 Å². The van der Waals surface area contributed by atoms with Crippen molar-refractivity contribution < 1.29 is 9.26 Å². The van der Waals surface area contributed by atoms with Gasteiger partial charge < -0.3 is 9.26 Å². The molecule has 5 rings (SSSR count). The van der Waals surface area contributed by atoms with Crippen LogP contribution in [-0.4, -0.2) is 26.8 Å². The van der Waals surface area contributed by atoms with E-state index in [1.54, 1.807) is 17.7 Å². The number of methoxy groups -OCH3 is 1. The smallest absolute Gasteiger partial charge is 0.262 e. The summed E-state index contributed by atoms with van der Waals surface area (Å²) in [6.07, 6.45) is 0. The summed E-state index contributed by atoms with van der Waals surface area (Å²) in [5.74, 6) is 2.12. The molecule has 0 fully saturated rings. The first kappa shape index (κ1) is 22.4. The first-order valence-electron chi connectivity index (χ1n) is 10.4. The van der Waals surface area contributed by atoms with E-state index in [2.05, 4.69) is 26.1 Å². The normalized spacial score (nSPS) is 11.1. The first-order valence-corrected chi connectivity index (χ1v) is 12.2. The van der Waals surface area contributed by atoms with Crippen molar-refractivity contribution in [2.45, 2.75) is 17.5 Å². The summed E-state index contributed by atoms with van der Waals surface area (Å²) in [6, 6.07) is 22.7. The summed E-state index contributed by atoms with van der Waals surface area (Å²) in [6.45, 7) is 0.385. The lowest BCUT2D eigenvalue weighted by molar-refractivity contribution is 0.391. The summed E-state index contributed by atoms with van der Waals surface area (Å²) in [5.41, 5.74) is 2.39. The topological polar surface area (TPSA) is 83.0 Å². The highest BCUT2D eigenvalue weighted by atomic mass is 79.9. The third-order valence-electron chi connectivity index (χ3n) is 5.20. The van der Waals surface area contributed by atoms with Crippen LogP contribution in [0.25, 0.3) is 22.3 Å². The van der Waals surface area contributed by atoms with Crippen molar-refractivity contribution >= 4 is 38.6 Å². The molecule has 170 valence electrons. The van der Waals surface area contributed by atoms with Crippen molar-refractivity contribution in [1.82, 2.24) is 19.7 Å². The van der Waals surface area contributed by atoms with E-state index in [1.165, 1.54) is 11.8 Å². The molecule has 0 aliphatic rings. The van der Waals surface area contributed by atoms with Gasteiger partial charge in [0, 0.05) is 10.0 Å². The van der Waals surface area contributed by atoms with E-state index >= 15 is 0 Å². The molecule has 0 N–H and O–H groups in total. The largest absolute Gasteiger partial charge is 0.497 e. The Morgan fingerprint density at radius 3 is 2.65 bits per heavy atom. The zero-order chi connectivity index (χ0) is 23.5. The van der Waals surface area contributed by atoms with Gasteiger partial charge in [0.15, 0.2) is 5.16 Å². The summed E-state index contributed by atoms with van der Waals surface area (Å²) in [5, 5.41) is 5.26. The molecular formula is C25H19BrN4O3S. The maximum atomic E-state index is 13.3. The van der Waals surface area contributed by atoms with Crippen molar-refractivity contribution in [2.24, 2.45) is 0 Å². The molecule has 2 aromatic heterocycles. The number of para-hydroxylation sites is 1. The second-order valence-electron chi connectivity index (χ2n) is 7.46. The maximum Gasteiger partial charge on any atom is 0.262 e. The second-order valence-corrected chi connectivity index (χ2v) is 9.32. The van der Waals surface area contributed by atoms with Crippen LogP contribution < -0.4 is 10.3 Å². The van der Waals surface area contributed by atoms with Crippen LogP contribution in [0.15, 0.2) is 91.7 Å². The average molecular weight is 535 g/mol. The lowest BCUT2D eigenvalue weighted by Gasteiger charge is -2.13. The third-order valence-corrected chi connectivity index (χ3v) is 6.66. The van der Waals surface area contributed by atoms with Crippen LogP contribution in [0.5, 0.6) is 5.75 Å². The molecule has 2 heterocycles. The van der Waals surface area contributed by atoms with E-state index < -0.39 is 0 Å². The number of nitrogens with zero attached hydrogens (tertiary/aromatic N) is 4. The monoisotopic (exact) mass is 534 g/mol. The van der Waals surface area contributed by atoms with E-state index in [1.807, 2.05) is 66.7 Å². The van der Waals surface area contributed by atoms with Gasteiger partial charge in [-0.05, 0) is 42.0 Å². The number of ether oxygens (including phenoxy) is 1. The van der Waals surface area contributed by atoms with E-state index in [0.717, 1.165) is 21.3 Å². The molecule has 0 atom stereocenters. The van der Waals surface area contributed by atoms with Crippen LogP contribution in [0.2, 0.25) is 0 Å². The van der Waals surface area contributed by atoms with E-state index in [4.69, 9.17) is 14.2 Å². The van der Waals surface area contributed by atoms with Crippen molar-refractivity contribution in [3.63, 3.8) is 0 Å². The van der Waals surface area contributed by atoms with E-state index in [9.17, 15) is 4.79 Å². The van der Waals surface area contributed by atoms with Crippen LogP contribution in [0, 0.1) is 0 Å². The SMILES string of the molecule is COc1ccc(Cn2c(SCc3nc(-c4cccc(Br)c4)no3)nc3ccccc3c2=O)cc1. The van der Waals surface area contributed by atoms with Crippen molar-refractivity contribution in [1.29, 1.82) is 0 Å². The number of benzene rings is 3. The number of aromatic nitrogens is 4. The van der Waals surface area contributed by atoms with Crippen molar-refractivity contribution in [3.05, 3.63) is 99.1 Å². The Morgan fingerprint density at radius 2 is 1.85 bits per heavy atom. The molecule has 0 spiro atoms. The minimum atomic E-state index is -0.0933. The van der Waals surface area contributed by atoms with Gasteiger partial charge in [-0.1, -0.05) is 69.2 Å². The number of thioether (sulfide) groups is 1. The summed E-state index contributed by atoms with van der Waals surface area (Å²) < 4.78 is 13.3. The summed E-state index contributed by atoms with van der Waals surface area (Å²) in [4.78, 5) is 22.6. The highest BCUT2D eigenvalue weighted by Gasteiger charge is 2.15. The second kappa shape index (κ2) is 9.82. The predicted molar refractivity (Wildman–Crippen MR) is 135 cm³/mol. The molecule has 9 heteroatoms. The molecule has 7 nitrogen and oxygen atoms in total. The Hall–Kier alpha value is -3.43. The Morgan fingerprint density at radius 1 is 1.03 bits per heavy atom. The van der Waals surface area contributed by atoms with Crippen molar-refractivity contribution in [2.75, 3.05) is 7.11 Å². The first-order chi connectivity index (χ1) is 16.6. The minimum absolute atomic E-state index is 0.0933. The van der Waals surface area contributed by atoms with Crippen LogP contribution in [0.4, 0.5) is 0 Å². The highest BCUT2D eigenvalue weighted by Crippen LogP contribution is 2.25. The molecule has 0 unspecified atom stereocenters. The lowest BCUT2D eigenvalue weighted by atomic mass is 10.2. The fourth-order valence-electron chi connectivity index (χ4n) is 3.50. The Kier molecular flexibility index (Phi) is 6.46. The quantitative estimate of drug-likeness (QED) is 0.199. The minimum Gasteiger partial charge on any atom is -0.497 e. The van der Waals surface area contributed by atoms with E-state index in [-0.39, 0.29) is 5.56 Å². The van der Waals surface area contributed by atoms with Gasteiger partial charge in [0.25, 0.3) is 5.56 Å². The van der Waals surface area contributed by atoms with Crippen LogP contribution >= 0.6 is 27.7 Å². The summed E-state index contributed by atoms with van der Waals surface area (Å²) in [7, 11) is 1.63. The molecule has 0 saturated heterocycles. The molecule has 0 bridgehead atoms. The van der Waals surface area contributed by atoms with Gasteiger partial charge in [0.2, 0.25) is 11.7 Å². The molecule has 3 aromatic carbocycles. The fourth-order valence-corrected chi connectivity index (χ4v) is 4.73. The molecule has 0 aliphatic heterocycles. The number of hydrogen-bond acceptors (Lipinski definition) is 7. The zero-order valence-electron chi connectivity index (χ0n) is 18.1. The average Bonchev–Trinajstić information content (AvgIpc) is 3.34. The van der Waals surface area contributed by atoms with Crippen LogP contribution in [0.1, 0.15) is 11.5 Å². The van der Waals surface area contributed by atoms with E-state index in [0.29, 0.717) is 40.1 Å². The number of hydrogen-bond donors (Lipinski definition) is 0.